The molecule has 2 aromatic rings. The van der Waals surface area contributed by atoms with Crippen molar-refractivity contribution in [3.8, 4) is 11.5 Å². The van der Waals surface area contributed by atoms with Crippen molar-refractivity contribution in [2.45, 2.75) is 57.9 Å². The predicted octanol–water partition coefficient (Wildman–Crippen LogP) is 7.03. The van der Waals surface area contributed by atoms with Gasteiger partial charge in [0.1, 0.15) is 6.61 Å². The lowest BCUT2D eigenvalue weighted by Crippen LogP contribution is -2.38. The van der Waals surface area contributed by atoms with E-state index in [-0.39, 0.29) is 11.6 Å². The summed E-state index contributed by atoms with van der Waals surface area (Å²) in [6.07, 6.45) is 6.01. The van der Waals surface area contributed by atoms with E-state index in [1.54, 1.807) is 6.08 Å². The fourth-order valence-corrected chi connectivity index (χ4v) is 6.38. The Morgan fingerprint density at radius 1 is 0.973 bits per heavy atom. The van der Waals surface area contributed by atoms with E-state index in [2.05, 4.69) is 39.5 Å². The van der Waals surface area contributed by atoms with Crippen molar-refractivity contribution in [2.24, 2.45) is 0 Å². The van der Waals surface area contributed by atoms with Gasteiger partial charge >= 0.3 is 0 Å². The Kier molecular flexibility index (Phi) is 7.65. The first-order valence-corrected chi connectivity index (χ1v) is 13.9. The Bertz CT molecular complexity index is 1250. The second-order valence-corrected chi connectivity index (χ2v) is 10.5. The fourth-order valence-electron chi connectivity index (χ4n) is 5.81. The van der Waals surface area contributed by atoms with Crippen LogP contribution in [0, 0.1) is 0 Å². The van der Waals surface area contributed by atoms with Gasteiger partial charge in [0, 0.05) is 47.8 Å². The zero-order valence-electron chi connectivity index (χ0n) is 21.2. The van der Waals surface area contributed by atoms with Gasteiger partial charge in [0.2, 0.25) is 0 Å². The molecule has 5 rings (SSSR count). The van der Waals surface area contributed by atoms with E-state index < -0.39 is 5.92 Å². The third-order valence-electron chi connectivity index (χ3n) is 7.28. The molecule has 5 nitrogen and oxygen atoms in total. The normalized spacial score (nSPS) is 18.1. The number of benzene rings is 2. The summed E-state index contributed by atoms with van der Waals surface area (Å²) in [5.41, 5.74) is 5.72. The Labute approximate surface area is 227 Å². The molecule has 0 bridgehead atoms. The van der Waals surface area contributed by atoms with Gasteiger partial charge in [0.15, 0.2) is 23.1 Å². The number of Topliss-reactive ketones (excluding diaryl/α,β-unsaturated/α-hetero) is 2. The summed E-state index contributed by atoms with van der Waals surface area (Å²) < 4.78 is 12.6. The minimum atomic E-state index is -0.401. The number of hydrogen-bond donors (Lipinski definition) is 0. The molecule has 192 valence electrons. The van der Waals surface area contributed by atoms with E-state index in [1.807, 2.05) is 37.3 Å². The van der Waals surface area contributed by atoms with Crippen LogP contribution >= 0.6 is 15.9 Å². The highest BCUT2D eigenvalue weighted by atomic mass is 79.9. The smallest absolute Gasteiger partial charge is 0.175 e. The summed E-state index contributed by atoms with van der Waals surface area (Å²) in [4.78, 5) is 29.5. The number of hydrogen-bond acceptors (Lipinski definition) is 5. The number of ether oxygens (including phenoxy) is 2. The molecular formula is C31H32BrNO4. The maximum atomic E-state index is 13.6. The summed E-state index contributed by atoms with van der Waals surface area (Å²) in [5.74, 6) is 1.06. The van der Waals surface area contributed by atoms with E-state index in [4.69, 9.17) is 9.47 Å². The minimum Gasteiger partial charge on any atom is -0.490 e. The predicted molar refractivity (Wildman–Crippen MR) is 147 cm³/mol. The van der Waals surface area contributed by atoms with E-state index in [1.165, 1.54) is 5.56 Å². The number of rotatable bonds is 8. The summed E-state index contributed by atoms with van der Waals surface area (Å²) >= 11 is 3.68. The molecule has 37 heavy (non-hydrogen) atoms. The van der Waals surface area contributed by atoms with Gasteiger partial charge in [-0.05, 0) is 71.8 Å². The summed E-state index contributed by atoms with van der Waals surface area (Å²) in [5, 5.41) is 0. The van der Waals surface area contributed by atoms with Crippen LogP contribution in [0.2, 0.25) is 0 Å². The zero-order chi connectivity index (χ0) is 25.9. The van der Waals surface area contributed by atoms with E-state index in [9.17, 15) is 9.59 Å². The summed E-state index contributed by atoms with van der Waals surface area (Å²) in [7, 11) is 0. The van der Waals surface area contributed by atoms with Crippen molar-refractivity contribution < 1.29 is 19.1 Å². The van der Waals surface area contributed by atoms with Crippen molar-refractivity contribution in [3.63, 3.8) is 0 Å². The lowest BCUT2D eigenvalue weighted by molar-refractivity contribution is -0.117. The molecule has 2 aliphatic carbocycles. The molecule has 1 heterocycles. The van der Waals surface area contributed by atoms with Crippen molar-refractivity contribution in [1.29, 1.82) is 0 Å². The molecule has 6 heteroatoms. The van der Waals surface area contributed by atoms with Crippen molar-refractivity contribution in [3.05, 3.63) is 93.3 Å². The van der Waals surface area contributed by atoms with Gasteiger partial charge in [-0.15, -0.1) is 0 Å². The highest BCUT2D eigenvalue weighted by molar-refractivity contribution is 9.10. The molecule has 0 unspecified atom stereocenters. The first-order chi connectivity index (χ1) is 18.0. The summed E-state index contributed by atoms with van der Waals surface area (Å²) in [6.45, 7) is 7.14. The number of ketones is 2. The van der Waals surface area contributed by atoms with E-state index in [0.29, 0.717) is 44.1 Å². The Morgan fingerprint density at radius 2 is 1.62 bits per heavy atom. The molecule has 1 aliphatic heterocycles. The lowest BCUT2D eigenvalue weighted by Gasteiger charge is -2.44. The fraction of sp³-hybridized carbons (Fsp3) is 0.355. The third kappa shape index (κ3) is 4.91. The van der Waals surface area contributed by atoms with Crippen LogP contribution in [0.15, 0.2) is 82.1 Å². The average Bonchev–Trinajstić information content (AvgIpc) is 2.89. The SMILES string of the molecule is C=CCOc1c(Br)cc(C2C3=C(CCCC3=O)N(Cc3ccccc3)C3=C2C(=O)CCC3)cc1OCC. The van der Waals surface area contributed by atoms with Crippen LogP contribution < -0.4 is 9.47 Å². The van der Waals surface area contributed by atoms with Crippen LogP contribution in [0.3, 0.4) is 0 Å². The molecule has 0 saturated carbocycles. The van der Waals surface area contributed by atoms with Gasteiger partial charge in [-0.1, -0.05) is 43.0 Å². The van der Waals surface area contributed by atoms with Gasteiger partial charge < -0.3 is 14.4 Å². The van der Waals surface area contributed by atoms with Gasteiger partial charge in [-0.2, -0.15) is 0 Å². The van der Waals surface area contributed by atoms with Crippen molar-refractivity contribution in [2.75, 3.05) is 13.2 Å². The molecule has 0 aromatic heterocycles. The molecule has 2 aromatic carbocycles. The zero-order valence-corrected chi connectivity index (χ0v) is 22.8. The topological polar surface area (TPSA) is 55.8 Å². The third-order valence-corrected chi connectivity index (χ3v) is 7.87. The molecule has 0 amide bonds. The van der Waals surface area contributed by atoms with E-state index >= 15 is 0 Å². The Morgan fingerprint density at radius 3 is 2.22 bits per heavy atom. The van der Waals surface area contributed by atoms with Crippen LogP contribution in [0.4, 0.5) is 0 Å². The largest absolute Gasteiger partial charge is 0.490 e. The second-order valence-electron chi connectivity index (χ2n) is 9.64. The highest BCUT2D eigenvalue weighted by Crippen LogP contribution is 2.51. The van der Waals surface area contributed by atoms with Crippen LogP contribution in [0.5, 0.6) is 11.5 Å². The van der Waals surface area contributed by atoms with Gasteiger partial charge in [0.25, 0.3) is 0 Å². The highest BCUT2D eigenvalue weighted by Gasteiger charge is 2.43. The number of carbonyl (C=O) groups is 2. The molecule has 0 N–H and O–H groups in total. The number of carbonyl (C=O) groups excluding carboxylic acids is 2. The van der Waals surface area contributed by atoms with Gasteiger partial charge in [-0.25, -0.2) is 0 Å². The van der Waals surface area contributed by atoms with Gasteiger partial charge in [0.05, 0.1) is 11.1 Å². The van der Waals surface area contributed by atoms with Crippen LogP contribution in [-0.2, 0) is 16.1 Å². The molecule has 0 atom stereocenters. The summed E-state index contributed by atoms with van der Waals surface area (Å²) in [6, 6.07) is 14.2. The van der Waals surface area contributed by atoms with Crippen LogP contribution in [0.25, 0.3) is 0 Å². The maximum Gasteiger partial charge on any atom is 0.175 e. The maximum absolute atomic E-state index is 13.6. The van der Waals surface area contributed by atoms with Gasteiger partial charge in [-0.3, -0.25) is 9.59 Å². The first-order valence-electron chi connectivity index (χ1n) is 13.1. The number of allylic oxidation sites excluding steroid dienone is 4. The van der Waals surface area contributed by atoms with Crippen molar-refractivity contribution in [1.82, 2.24) is 4.90 Å². The van der Waals surface area contributed by atoms with Crippen molar-refractivity contribution >= 4 is 27.5 Å². The average molecular weight is 563 g/mol. The second kappa shape index (κ2) is 11.1. The molecule has 0 saturated heterocycles. The quantitative estimate of drug-likeness (QED) is 0.324. The molecule has 3 aliphatic rings. The monoisotopic (exact) mass is 561 g/mol. The minimum absolute atomic E-state index is 0.135. The number of nitrogens with zero attached hydrogens (tertiary/aromatic N) is 1. The molecule has 0 fully saturated rings. The number of halogens is 1. The van der Waals surface area contributed by atoms with E-state index in [0.717, 1.165) is 58.3 Å². The molecular weight excluding hydrogens is 530 g/mol. The van der Waals surface area contributed by atoms with Crippen LogP contribution in [0.1, 0.15) is 62.5 Å². The standard InChI is InChI=1S/C31H32BrNO4/c1-3-16-37-31-22(32)17-21(18-27(31)36-4-2)28-29-23(12-8-14-25(29)34)33(19-20-10-6-5-7-11-20)24-13-9-15-26(35)30(24)28/h3,5-7,10-11,17-18,28H,1,4,8-9,12-16,19H2,2H3. The first kappa shape index (κ1) is 25.5. The van der Waals surface area contributed by atoms with Crippen LogP contribution in [-0.4, -0.2) is 29.7 Å². The molecule has 0 spiro atoms. The Hall–Kier alpha value is -3.12. The Balaban J connectivity index is 1.69. The molecule has 0 radical (unpaired) electrons. The lowest BCUT2D eigenvalue weighted by atomic mass is 9.71.